The molecule has 10 heavy (non-hydrogen) atoms. The van der Waals surface area contributed by atoms with Gasteiger partial charge in [0.1, 0.15) is 0 Å². The fourth-order valence-electron chi connectivity index (χ4n) is 0.832. The van der Waals surface area contributed by atoms with Crippen molar-refractivity contribution in [2.24, 2.45) is 0 Å². The molecule has 0 atom stereocenters. The molecule has 2 heteroatoms. The quantitative estimate of drug-likeness (QED) is 0.654. The predicted molar refractivity (Wildman–Crippen MR) is 47.4 cm³/mol. The minimum absolute atomic E-state index is 0.593. The van der Waals surface area contributed by atoms with Crippen molar-refractivity contribution in [3.63, 3.8) is 0 Å². The third-order valence-electron chi connectivity index (χ3n) is 1.57. The molecule has 0 fully saturated rings. The molecule has 0 bridgehead atoms. The lowest BCUT2D eigenvalue weighted by Gasteiger charge is -2.13. The first-order valence-electron chi connectivity index (χ1n) is 3.77. The minimum Gasteiger partial charge on any atom is -0.309 e. The maximum Gasteiger partial charge on any atom is 0.0310 e. The third kappa shape index (κ3) is 4.83. The van der Waals surface area contributed by atoms with E-state index in [0.717, 1.165) is 19.4 Å². The molecule has 0 unspecified atom stereocenters. The molecule has 0 radical (unpaired) electrons. The Morgan fingerprint density at radius 3 is 2.30 bits per heavy atom. The molecule has 0 aliphatic heterocycles. The number of halogens is 1. The van der Waals surface area contributed by atoms with E-state index in [-0.39, 0.29) is 0 Å². The van der Waals surface area contributed by atoms with Crippen LogP contribution in [0.25, 0.3) is 0 Å². The van der Waals surface area contributed by atoms with Crippen molar-refractivity contribution >= 4 is 11.6 Å². The summed E-state index contributed by atoms with van der Waals surface area (Å²) >= 11 is 5.58. The van der Waals surface area contributed by atoms with E-state index in [9.17, 15) is 0 Å². The average Bonchev–Trinajstić information content (AvgIpc) is 1.90. The molecule has 0 aromatic carbocycles. The molecule has 0 aromatic heterocycles. The highest BCUT2D eigenvalue weighted by Gasteiger charge is 2.00. The Morgan fingerprint density at radius 1 is 1.50 bits per heavy atom. The zero-order chi connectivity index (χ0) is 7.98. The van der Waals surface area contributed by atoms with Gasteiger partial charge in [-0.05, 0) is 12.8 Å². The maximum absolute atomic E-state index is 5.58. The summed E-state index contributed by atoms with van der Waals surface area (Å²) in [6.45, 7) is 8.66. The molecular formula is C8H16ClN. The topological polar surface area (TPSA) is 12.0 Å². The van der Waals surface area contributed by atoms with Crippen molar-refractivity contribution in [3.05, 3.63) is 11.6 Å². The van der Waals surface area contributed by atoms with Crippen LogP contribution in [0.5, 0.6) is 0 Å². The number of hydrogen-bond donors (Lipinski definition) is 1. The second-order valence-corrected chi connectivity index (χ2v) is 2.95. The Hall–Kier alpha value is -0.0100. The second-order valence-electron chi connectivity index (χ2n) is 2.41. The van der Waals surface area contributed by atoms with Crippen LogP contribution in [0.3, 0.4) is 0 Å². The van der Waals surface area contributed by atoms with Crippen LogP contribution in [0.15, 0.2) is 11.6 Å². The van der Waals surface area contributed by atoms with Crippen molar-refractivity contribution < 1.29 is 0 Å². The lowest BCUT2D eigenvalue weighted by molar-refractivity contribution is 0.509. The van der Waals surface area contributed by atoms with Gasteiger partial charge < -0.3 is 5.32 Å². The average molecular weight is 162 g/mol. The van der Waals surface area contributed by atoms with Gasteiger partial charge >= 0.3 is 0 Å². The Bertz CT molecular complexity index is 97.4. The van der Waals surface area contributed by atoms with E-state index in [0.29, 0.717) is 11.1 Å². The van der Waals surface area contributed by atoms with E-state index in [1.54, 1.807) is 0 Å². The minimum atomic E-state index is 0.593. The summed E-state index contributed by atoms with van der Waals surface area (Å²) in [5.74, 6) is 0. The molecule has 0 heterocycles. The number of hydrogen-bond acceptors (Lipinski definition) is 1. The van der Waals surface area contributed by atoms with E-state index in [1.165, 1.54) is 0 Å². The van der Waals surface area contributed by atoms with Gasteiger partial charge in [0.15, 0.2) is 0 Å². The molecule has 0 aliphatic carbocycles. The van der Waals surface area contributed by atoms with Crippen molar-refractivity contribution in [2.45, 2.75) is 32.7 Å². The lowest BCUT2D eigenvalue weighted by Crippen LogP contribution is -2.28. The van der Waals surface area contributed by atoms with Gasteiger partial charge in [-0.3, -0.25) is 0 Å². The number of nitrogens with one attached hydrogen (secondary N) is 1. The summed E-state index contributed by atoms with van der Waals surface area (Å²) in [5, 5.41) is 3.97. The van der Waals surface area contributed by atoms with E-state index in [1.807, 2.05) is 0 Å². The summed E-state index contributed by atoms with van der Waals surface area (Å²) in [6.07, 6.45) is 2.31. The highest BCUT2D eigenvalue weighted by atomic mass is 35.5. The van der Waals surface area contributed by atoms with Crippen LogP contribution in [0.2, 0.25) is 0 Å². The first kappa shape index (κ1) is 9.99. The van der Waals surface area contributed by atoms with Crippen LogP contribution in [-0.2, 0) is 0 Å². The molecule has 60 valence electrons. The molecule has 0 aromatic rings. The zero-order valence-electron chi connectivity index (χ0n) is 6.78. The first-order valence-corrected chi connectivity index (χ1v) is 4.15. The normalized spacial score (nSPS) is 10.4. The molecule has 0 aliphatic rings. The van der Waals surface area contributed by atoms with Crippen LogP contribution in [-0.4, -0.2) is 12.6 Å². The third-order valence-corrected chi connectivity index (χ3v) is 1.70. The van der Waals surface area contributed by atoms with Gasteiger partial charge in [-0.15, -0.1) is 0 Å². The molecule has 0 amide bonds. The zero-order valence-corrected chi connectivity index (χ0v) is 7.54. The van der Waals surface area contributed by atoms with Gasteiger partial charge in [0.05, 0.1) is 0 Å². The fourth-order valence-corrected chi connectivity index (χ4v) is 0.910. The SMILES string of the molecule is C=C(Cl)CNC(CC)CC. The lowest BCUT2D eigenvalue weighted by atomic mass is 10.2. The summed E-state index contributed by atoms with van der Waals surface area (Å²) in [6, 6.07) is 0.593. The van der Waals surface area contributed by atoms with Crippen molar-refractivity contribution in [2.75, 3.05) is 6.54 Å². The largest absolute Gasteiger partial charge is 0.309 e. The van der Waals surface area contributed by atoms with Gasteiger partial charge in [-0.1, -0.05) is 32.0 Å². The van der Waals surface area contributed by atoms with Gasteiger partial charge in [-0.25, -0.2) is 0 Å². The van der Waals surface area contributed by atoms with E-state index in [4.69, 9.17) is 11.6 Å². The fraction of sp³-hybridized carbons (Fsp3) is 0.750. The van der Waals surface area contributed by atoms with Crippen LogP contribution >= 0.6 is 11.6 Å². The predicted octanol–water partition coefficient (Wildman–Crippen LogP) is 2.52. The Balaban J connectivity index is 3.34. The monoisotopic (exact) mass is 161 g/mol. The van der Waals surface area contributed by atoms with E-state index >= 15 is 0 Å². The van der Waals surface area contributed by atoms with Gasteiger partial charge in [-0.2, -0.15) is 0 Å². The highest BCUT2D eigenvalue weighted by molar-refractivity contribution is 6.29. The standard InChI is InChI=1S/C8H16ClN/c1-4-8(5-2)10-6-7(3)9/h8,10H,3-6H2,1-2H3. The van der Waals surface area contributed by atoms with Crippen molar-refractivity contribution in [1.82, 2.24) is 5.32 Å². The molecule has 1 N–H and O–H groups in total. The smallest absolute Gasteiger partial charge is 0.0310 e. The summed E-state index contributed by atoms with van der Waals surface area (Å²) < 4.78 is 0. The van der Waals surface area contributed by atoms with Gasteiger partial charge in [0, 0.05) is 17.6 Å². The van der Waals surface area contributed by atoms with E-state index < -0.39 is 0 Å². The van der Waals surface area contributed by atoms with Crippen LogP contribution in [0.1, 0.15) is 26.7 Å². The maximum atomic E-state index is 5.58. The molecule has 0 saturated carbocycles. The Kier molecular flexibility index (Phi) is 5.74. The highest BCUT2D eigenvalue weighted by Crippen LogP contribution is 1.99. The summed E-state index contributed by atoms with van der Waals surface area (Å²) in [5.41, 5.74) is 0. The first-order chi connectivity index (χ1) is 4.70. The molecular weight excluding hydrogens is 146 g/mol. The van der Waals surface area contributed by atoms with Gasteiger partial charge in [0.2, 0.25) is 0 Å². The van der Waals surface area contributed by atoms with Crippen LogP contribution in [0.4, 0.5) is 0 Å². The molecule has 0 rings (SSSR count). The summed E-state index contributed by atoms with van der Waals surface area (Å²) in [4.78, 5) is 0. The van der Waals surface area contributed by atoms with Crippen LogP contribution in [0, 0.1) is 0 Å². The van der Waals surface area contributed by atoms with E-state index in [2.05, 4.69) is 25.7 Å². The molecule has 1 nitrogen and oxygen atoms in total. The molecule has 0 saturated heterocycles. The van der Waals surface area contributed by atoms with Gasteiger partial charge in [0.25, 0.3) is 0 Å². The van der Waals surface area contributed by atoms with Crippen molar-refractivity contribution in [1.29, 1.82) is 0 Å². The Morgan fingerprint density at radius 2 is 2.00 bits per heavy atom. The van der Waals surface area contributed by atoms with Crippen LogP contribution < -0.4 is 5.32 Å². The van der Waals surface area contributed by atoms with Crippen molar-refractivity contribution in [3.8, 4) is 0 Å². The summed E-state index contributed by atoms with van der Waals surface area (Å²) in [7, 11) is 0. The number of rotatable bonds is 5. The second kappa shape index (κ2) is 5.75. The Labute approximate surface area is 68.5 Å². The molecule has 0 spiro atoms.